The van der Waals surface area contributed by atoms with E-state index < -0.39 is 6.04 Å². The number of nitrogens with zero attached hydrogens (tertiary/aromatic N) is 1. The Morgan fingerprint density at radius 3 is 2.41 bits per heavy atom. The number of carbonyl (C=O) groups is 2. The van der Waals surface area contributed by atoms with E-state index in [9.17, 15) is 9.59 Å². The number of hydrogen-bond acceptors (Lipinski definition) is 4. The highest BCUT2D eigenvalue weighted by atomic mass is 35.5. The molecule has 0 heterocycles. The fraction of sp³-hybridized carbons (Fsp3) is 0.333. The van der Waals surface area contributed by atoms with Crippen LogP contribution >= 0.6 is 23.4 Å². The first-order valence-electron chi connectivity index (χ1n) is 12.5. The van der Waals surface area contributed by atoms with Gasteiger partial charge in [-0.2, -0.15) is 0 Å². The van der Waals surface area contributed by atoms with E-state index in [1.165, 1.54) is 11.8 Å². The zero-order valence-corrected chi connectivity index (χ0v) is 23.2. The molecule has 0 aliphatic carbocycles. The average molecular weight is 539 g/mol. The highest BCUT2D eigenvalue weighted by Gasteiger charge is 2.31. The molecule has 0 saturated heterocycles. The lowest BCUT2D eigenvalue weighted by Gasteiger charge is -2.32. The number of methoxy groups -OCH3 is 1. The summed E-state index contributed by atoms with van der Waals surface area (Å²) in [6.45, 7) is 4.31. The topological polar surface area (TPSA) is 58.6 Å². The summed E-state index contributed by atoms with van der Waals surface area (Å²) >= 11 is 7.81. The third kappa shape index (κ3) is 8.83. The van der Waals surface area contributed by atoms with Crippen molar-refractivity contribution in [2.45, 2.75) is 51.1 Å². The monoisotopic (exact) mass is 538 g/mol. The van der Waals surface area contributed by atoms with Crippen LogP contribution in [0.4, 0.5) is 0 Å². The van der Waals surface area contributed by atoms with E-state index in [4.69, 9.17) is 16.3 Å². The molecule has 196 valence electrons. The van der Waals surface area contributed by atoms with Gasteiger partial charge in [0.05, 0.1) is 12.9 Å². The number of thioether (sulfide) groups is 1. The Labute approximate surface area is 229 Å². The number of rotatable bonds is 13. The van der Waals surface area contributed by atoms with Crippen molar-refractivity contribution in [1.29, 1.82) is 0 Å². The summed E-state index contributed by atoms with van der Waals surface area (Å²) in [4.78, 5) is 29.0. The molecule has 7 heteroatoms. The van der Waals surface area contributed by atoms with Gasteiger partial charge in [0.2, 0.25) is 11.8 Å². The normalized spacial score (nSPS) is 12.4. The SMILES string of the molecule is CC[C@@H](C)NC(=O)[C@@H](Cc1ccccc1)N(Cc1cccc(OC)c1)C(=O)CSCc1ccccc1Cl. The number of benzene rings is 3. The van der Waals surface area contributed by atoms with Crippen molar-refractivity contribution in [3.05, 3.63) is 101 Å². The minimum Gasteiger partial charge on any atom is -0.497 e. The molecule has 0 fully saturated rings. The third-order valence-electron chi connectivity index (χ3n) is 6.20. The summed E-state index contributed by atoms with van der Waals surface area (Å²) in [5, 5.41) is 3.79. The van der Waals surface area contributed by atoms with Gasteiger partial charge in [0.15, 0.2) is 0 Å². The largest absolute Gasteiger partial charge is 0.497 e. The zero-order valence-electron chi connectivity index (χ0n) is 21.7. The van der Waals surface area contributed by atoms with Gasteiger partial charge < -0.3 is 15.0 Å². The summed E-state index contributed by atoms with van der Waals surface area (Å²) in [5.41, 5.74) is 2.88. The van der Waals surface area contributed by atoms with Crippen molar-refractivity contribution in [3.8, 4) is 5.75 Å². The lowest BCUT2D eigenvalue weighted by atomic mass is 10.0. The first-order chi connectivity index (χ1) is 17.9. The molecular formula is C30H35ClN2O3S. The molecule has 37 heavy (non-hydrogen) atoms. The van der Waals surface area contributed by atoms with E-state index in [1.54, 1.807) is 12.0 Å². The van der Waals surface area contributed by atoms with E-state index in [-0.39, 0.29) is 23.6 Å². The van der Waals surface area contributed by atoms with Crippen LogP contribution in [-0.2, 0) is 28.3 Å². The van der Waals surface area contributed by atoms with Gasteiger partial charge in [-0.3, -0.25) is 9.59 Å². The summed E-state index contributed by atoms with van der Waals surface area (Å²) in [7, 11) is 1.62. The van der Waals surface area contributed by atoms with Crippen LogP contribution in [0.2, 0.25) is 5.02 Å². The molecule has 0 aliphatic rings. The van der Waals surface area contributed by atoms with Gasteiger partial charge in [-0.15, -0.1) is 11.8 Å². The molecule has 0 aliphatic heterocycles. The van der Waals surface area contributed by atoms with Crippen LogP contribution in [0, 0.1) is 0 Å². The molecular weight excluding hydrogens is 504 g/mol. The average Bonchev–Trinajstić information content (AvgIpc) is 2.92. The van der Waals surface area contributed by atoms with Gasteiger partial charge in [-0.05, 0) is 48.2 Å². The first kappa shape index (κ1) is 28.6. The smallest absolute Gasteiger partial charge is 0.243 e. The van der Waals surface area contributed by atoms with Gasteiger partial charge in [-0.25, -0.2) is 0 Å². The molecule has 1 N–H and O–H groups in total. The van der Waals surface area contributed by atoms with Crippen molar-refractivity contribution in [3.63, 3.8) is 0 Å². The second-order valence-corrected chi connectivity index (χ2v) is 10.4. The van der Waals surface area contributed by atoms with E-state index in [0.717, 1.165) is 23.1 Å². The van der Waals surface area contributed by atoms with Gasteiger partial charge in [0, 0.05) is 29.8 Å². The second-order valence-electron chi connectivity index (χ2n) is 8.98. The van der Waals surface area contributed by atoms with Crippen molar-refractivity contribution >= 4 is 35.2 Å². The van der Waals surface area contributed by atoms with Crippen molar-refractivity contribution < 1.29 is 14.3 Å². The fourth-order valence-corrected chi connectivity index (χ4v) is 5.11. The Morgan fingerprint density at radius 1 is 1.00 bits per heavy atom. The second kappa shape index (κ2) is 14.7. The van der Waals surface area contributed by atoms with E-state index in [1.807, 2.05) is 92.7 Å². The predicted octanol–water partition coefficient (Wildman–Crippen LogP) is 6.14. The van der Waals surface area contributed by atoms with Gasteiger partial charge in [0.1, 0.15) is 11.8 Å². The molecule has 0 spiro atoms. The first-order valence-corrected chi connectivity index (χ1v) is 14.0. The molecule has 3 rings (SSSR count). The Balaban J connectivity index is 1.88. The van der Waals surface area contributed by atoms with Crippen molar-refractivity contribution in [2.75, 3.05) is 12.9 Å². The number of amides is 2. The van der Waals surface area contributed by atoms with E-state index in [0.29, 0.717) is 29.5 Å². The van der Waals surface area contributed by atoms with Crippen LogP contribution in [-0.4, -0.2) is 41.7 Å². The molecule has 3 aromatic rings. The maximum absolute atomic E-state index is 13.7. The quantitative estimate of drug-likeness (QED) is 0.284. The Bertz CT molecular complexity index is 1160. The van der Waals surface area contributed by atoms with Crippen LogP contribution in [0.1, 0.15) is 37.0 Å². The Morgan fingerprint density at radius 2 is 1.70 bits per heavy atom. The van der Waals surface area contributed by atoms with Gasteiger partial charge >= 0.3 is 0 Å². The molecule has 2 amide bonds. The van der Waals surface area contributed by atoms with Crippen LogP contribution in [0.5, 0.6) is 5.75 Å². The Hall–Kier alpha value is -2.96. The minimum atomic E-state index is -0.656. The third-order valence-corrected chi connectivity index (χ3v) is 7.54. The van der Waals surface area contributed by atoms with Crippen LogP contribution < -0.4 is 10.1 Å². The van der Waals surface area contributed by atoms with Crippen LogP contribution in [0.15, 0.2) is 78.9 Å². The summed E-state index contributed by atoms with van der Waals surface area (Å²) < 4.78 is 5.39. The lowest BCUT2D eigenvalue weighted by molar-refractivity contribution is -0.139. The molecule has 0 radical (unpaired) electrons. The highest BCUT2D eigenvalue weighted by molar-refractivity contribution is 7.99. The molecule has 2 atom stereocenters. The predicted molar refractivity (Wildman–Crippen MR) is 153 cm³/mol. The van der Waals surface area contributed by atoms with Crippen molar-refractivity contribution in [2.24, 2.45) is 0 Å². The summed E-state index contributed by atoms with van der Waals surface area (Å²) in [5.74, 6) is 1.31. The molecule has 5 nitrogen and oxygen atoms in total. The highest BCUT2D eigenvalue weighted by Crippen LogP contribution is 2.23. The fourth-order valence-electron chi connectivity index (χ4n) is 3.91. The maximum Gasteiger partial charge on any atom is 0.243 e. The van der Waals surface area contributed by atoms with Gasteiger partial charge in [0.25, 0.3) is 0 Å². The summed E-state index contributed by atoms with van der Waals surface area (Å²) in [6, 6.07) is 24.4. The number of ether oxygens (including phenoxy) is 1. The number of carbonyl (C=O) groups excluding carboxylic acids is 2. The van der Waals surface area contributed by atoms with Gasteiger partial charge in [-0.1, -0.05) is 79.2 Å². The number of hydrogen-bond donors (Lipinski definition) is 1. The molecule has 0 unspecified atom stereocenters. The van der Waals surface area contributed by atoms with E-state index in [2.05, 4.69) is 5.32 Å². The standard InChI is InChI=1S/C30H35ClN2O3S/c1-4-22(2)32-30(35)28(18-23-11-6-5-7-12-23)33(19-24-13-10-15-26(17-24)36-3)29(34)21-37-20-25-14-8-9-16-27(25)31/h5-17,22,28H,4,18-21H2,1-3H3,(H,32,35)/t22-,28-/m1/s1. The number of halogens is 1. The minimum absolute atomic E-state index is 0.00847. The maximum atomic E-state index is 13.7. The molecule has 0 bridgehead atoms. The molecule has 3 aromatic carbocycles. The van der Waals surface area contributed by atoms with Crippen LogP contribution in [0.25, 0.3) is 0 Å². The van der Waals surface area contributed by atoms with Crippen molar-refractivity contribution in [1.82, 2.24) is 10.2 Å². The van der Waals surface area contributed by atoms with E-state index >= 15 is 0 Å². The van der Waals surface area contributed by atoms with Crippen LogP contribution in [0.3, 0.4) is 0 Å². The zero-order chi connectivity index (χ0) is 26.6. The lowest BCUT2D eigenvalue weighted by Crippen LogP contribution is -2.52. The Kier molecular flexibility index (Phi) is 11.4. The number of nitrogens with one attached hydrogen (secondary N) is 1. The molecule has 0 saturated carbocycles. The molecule has 0 aromatic heterocycles. The summed E-state index contributed by atoms with van der Waals surface area (Å²) in [6.07, 6.45) is 1.23.